The number of primary amides is 1. The van der Waals surface area contributed by atoms with E-state index in [-0.39, 0.29) is 29.5 Å². The van der Waals surface area contributed by atoms with Gasteiger partial charge in [0.2, 0.25) is 5.88 Å². The molecule has 0 atom stereocenters. The fourth-order valence-corrected chi connectivity index (χ4v) is 4.56. The zero-order chi connectivity index (χ0) is 25.2. The molecule has 0 saturated heterocycles. The third kappa shape index (κ3) is 4.81. The summed E-state index contributed by atoms with van der Waals surface area (Å²) in [5, 5.41) is 7.43. The molecule has 1 saturated carbocycles. The number of aromatic nitrogens is 3. The molecule has 9 nitrogen and oxygen atoms in total. The molecule has 2 amide bonds. The number of carbonyl (C=O) groups excluding carboxylic acids is 2. The SMILES string of the molecule is NC(=O)c1c(OC2CCC(NC(=O)c3ccn4cc(OCC(F)F)ccc34)CC2)nn2ccccc12. The molecule has 188 valence electrons. The van der Waals surface area contributed by atoms with Crippen molar-refractivity contribution in [2.45, 2.75) is 44.3 Å². The molecule has 11 heteroatoms. The van der Waals surface area contributed by atoms with Gasteiger partial charge in [0.25, 0.3) is 18.2 Å². The number of alkyl halides is 2. The second-order valence-electron chi connectivity index (χ2n) is 8.73. The summed E-state index contributed by atoms with van der Waals surface area (Å²) in [6.45, 7) is -0.687. The highest BCUT2D eigenvalue weighted by Crippen LogP contribution is 2.28. The van der Waals surface area contributed by atoms with E-state index in [1.165, 1.54) is 0 Å². The number of nitrogens with two attached hydrogens (primary N) is 1. The number of nitrogens with one attached hydrogen (secondary N) is 1. The molecule has 0 bridgehead atoms. The van der Waals surface area contributed by atoms with Gasteiger partial charge in [-0.1, -0.05) is 6.07 Å². The third-order valence-corrected chi connectivity index (χ3v) is 6.29. The standard InChI is InChI=1S/C25H25F2N5O4/c26-21(27)14-35-17-8-9-19-18(10-12-31(19)13-17)24(34)29-15-4-6-16(7-5-15)36-25-22(23(28)33)20-3-1-2-11-32(20)30-25/h1-3,8-13,15-16,21H,4-7,14H2,(H2,28,33)(H,29,34). The van der Waals surface area contributed by atoms with E-state index >= 15 is 0 Å². The molecule has 4 aromatic heterocycles. The Balaban J connectivity index is 1.19. The van der Waals surface area contributed by atoms with Crippen molar-refractivity contribution in [2.75, 3.05) is 6.61 Å². The van der Waals surface area contributed by atoms with E-state index in [0.29, 0.717) is 48.0 Å². The summed E-state index contributed by atoms with van der Waals surface area (Å²) in [6, 6.07) is 10.3. The number of hydrogen-bond donors (Lipinski definition) is 2. The second-order valence-corrected chi connectivity index (χ2v) is 8.73. The van der Waals surface area contributed by atoms with Crippen LogP contribution in [0.2, 0.25) is 0 Å². The average Bonchev–Trinajstić information content (AvgIpc) is 3.44. The third-order valence-electron chi connectivity index (χ3n) is 6.29. The van der Waals surface area contributed by atoms with E-state index in [2.05, 4.69) is 10.4 Å². The lowest BCUT2D eigenvalue weighted by molar-refractivity contribution is 0.0817. The Morgan fingerprint density at radius 3 is 2.64 bits per heavy atom. The van der Waals surface area contributed by atoms with Gasteiger partial charge in [-0.05, 0) is 56.0 Å². The minimum Gasteiger partial charge on any atom is -0.486 e. The Bertz CT molecular complexity index is 1410. The van der Waals surface area contributed by atoms with E-state index in [0.717, 1.165) is 0 Å². The molecular weight excluding hydrogens is 472 g/mol. The van der Waals surface area contributed by atoms with E-state index < -0.39 is 18.9 Å². The Morgan fingerprint density at radius 1 is 1.08 bits per heavy atom. The minimum absolute atomic E-state index is 0.0300. The number of hydrogen-bond acceptors (Lipinski definition) is 5. The number of rotatable bonds is 8. The van der Waals surface area contributed by atoms with Crippen molar-refractivity contribution in [3.8, 4) is 11.6 Å². The van der Waals surface area contributed by atoms with Crippen molar-refractivity contribution < 1.29 is 27.8 Å². The first kappa shape index (κ1) is 23.6. The molecule has 36 heavy (non-hydrogen) atoms. The van der Waals surface area contributed by atoms with Gasteiger partial charge in [-0.25, -0.2) is 13.3 Å². The fourth-order valence-electron chi connectivity index (χ4n) is 4.56. The Morgan fingerprint density at radius 2 is 1.89 bits per heavy atom. The van der Waals surface area contributed by atoms with Gasteiger partial charge in [0.15, 0.2) is 0 Å². The molecule has 4 aromatic rings. The lowest BCUT2D eigenvalue weighted by Gasteiger charge is -2.29. The molecule has 0 spiro atoms. The van der Waals surface area contributed by atoms with Gasteiger partial charge in [-0.2, -0.15) is 0 Å². The zero-order valence-electron chi connectivity index (χ0n) is 19.3. The molecule has 5 rings (SSSR count). The van der Waals surface area contributed by atoms with Crippen LogP contribution in [0.1, 0.15) is 46.4 Å². The predicted octanol–water partition coefficient (Wildman–Crippen LogP) is 3.45. The Hall–Kier alpha value is -4.15. The van der Waals surface area contributed by atoms with Crippen molar-refractivity contribution >= 4 is 22.8 Å². The number of halogens is 2. The largest absolute Gasteiger partial charge is 0.486 e. The lowest BCUT2D eigenvalue weighted by Crippen LogP contribution is -2.39. The van der Waals surface area contributed by atoms with Crippen LogP contribution < -0.4 is 20.5 Å². The monoisotopic (exact) mass is 497 g/mol. The topological polar surface area (TPSA) is 112 Å². The summed E-state index contributed by atoms with van der Waals surface area (Å²) >= 11 is 0. The summed E-state index contributed by atoms with van der Waals surface area (Å²) in [7, 11) is 0. The quantitative estimate of drug-likeness (QED) is 0.387. The van der Waals surface area contributed by atoms with Crippen molar-refractivity contribution in [3.63, 3.8) is 0 Å². The van der Waals surface area contributed by atoms with Crippen molar-refractivity contribution in [1.29, 1.82) is 0 Å². The molecule has 3 N–H and O–H groups in total. The molecule has 4 heterocycles. The Labute approximate surface area is 204 Å². The van der Waals surface area contributed by atoms with Crippen LogP contribution >= 0.6 is 0 Å². The average molecular weight is 498 g/mol. The number of amides is 2. The summed E-state index contributed by atoms with van der Waals surface area (Å²) in [4.78, 5) is 24.9. The molecule has 1 aliphatic carbocycles. The van der Waals surface area contributed by atoms with Gasteiger partial charge in [-0.3, -0.25) is 9.59 Å². The summed E-state index contributed by atoms with van der Waals surface area (Å²) in [6.07, 6.45) is 5.03. The fraction of sp³-hybridized carbons (Fsp3) is 0.320. The van der Waals surface area contributed by atoms with E-state index in [1.54, 1.807) is 63.9 Å². The van der Waals surface area contributed by atoms with E-state index in [1.807, 2.05) is 0 Å². The van der Waals surface area contributed by atoms with Crippen molar-refractivity contribution in [1.82, 2.24) is 19.3 Å². The van der Waals surface area contributed by atoms with Crippen LogP contribution in [0.3, 0.4) is 0 Å². The van der Waals surface area contributed by atoms with Gasteiger partial charge in [-0.15, -0.1) is 5.10 Å². The van der Waals surface area contributed by atoms with Crippen LogP contribution in [0.15, 0.2) is 55.0 Å². The van der Waals surface area contributed by atoms with Crippen LogP contribution in [0.4, 0.5) is 8.78 Å². The first-order valence-corrected chi connectivity index (χ1v) is 11.7. The molecule has 1 fully saturated rings. The Kier molecular flexibility index (Phi) is 6.45. The van der Waals surface area contributed by atoms with Crippen molar-refractivity contribution in [2.24, 2.45) is 5.73 Å². The maximum Gasteiger partial charge on any atom is 0.272 e. The highest BCUT2D eigenvalue weighted by atomic mass is 19.3. The zero-order valence-corrected chi connectivity index (χ0v) is 19.3. The van der Waals surface area contributed by atoms with Crippen LogP contribution in [0.5, 0.6) is 11.6 Å². The maximum absolute atomic E-state index is 12.9. The van der Waals surface area contributed by atoms with Crippen LogP contribution in [-0.2, 0) is 0 Å². The molecule has 0 radical (unpaired) electrons. The highest BCUT2D eigenvalue weighted by Gasteiger charge is 2.27. The van der Waals surface area contributed by atoms with Crippen LogP contribution in [-0.4, -0.2) is 51.0 Å². The predicted molar refractivity (Wildman–Crippen MR) is 127 cm³/mol. The molecular formula is C25H25F2N5O4. The van der Waals surface area contributed by atoms with E-state index in [4.69, 9.17) is 15.2 Å². The molecule has 0 aromatic carbocycles. The summed E-state index contributed by atoms with van der Waals surface area (Å²) in [5.74, 6) is -0.286. The van der Waals surface area contributed by atoms with Gasteiger partial charge >= 0.3 is 0 Å². The molecule has 0 aliphatic heterocycles. The normalized spacial score (nSPS) is 18.0. The number of carbonyl (C=O) groups is 2. The van der Waals surface area contributed by atoms with Crippen molar-refractivity contribution in [3.05, 3.63) is 66.1 Å². The first-order valence-electron chi connectivity index (χ1n) is 11.7. The van der Waals surface area contributed by atoms with Crippen LogP contribution in [0, 0.1) is 0 Å². The summed E-state index contributed by atoms with van der Waals surface area (Å²) in [5.41, 5.74) is 7.56. The highest BCUT2D eigenvalue weighted by molar-refractivity contribution is 6.02. The number of ether oxygens (including phenoxy) is 2. The number of nitrogens with zero attached hydrogens (tertiary/aromatic N) is 3. The second kappa shape index (κ2) is 9.84. The van der Waals surface area contributed by atoms with Gasteiger partial charge < -0.3 is 24.9 Å². The summed E-state index contributed by atoms with van der Waals surface area (Å²) < 4.78 is 39.1. The number of fused-ring (bicyclic) bond motifs is 2. The maximum atomic E-state index is 12.9. The smallest absolute Gasteiger partial charge is 0.272 e. The molecule has 0 unspecified atom stereocenters. The lowest BCUT2D eigenvalue weighted by atomic mass is 9.92. The first-order chi connectivity index (χ1) is 17.4. The van der Waals surface area contributed by atoms with E-state index in [9.17, 15) is 18.4 Å². The number of pyridine rings is 2. The minimum atomic E-state index is -2.56. The molecule has 1 aliphatic rings. The van der Waals surface area contributed by atoms with Gasteiger partial charge in [0, 0.05) is 18.4 Å². The van der Waals surface area contributed by atoms with Gasteiger partial charge in [0.1, 0.15) is 24.0 Å². The van der Waals surface area contributed by atoms with Crippen LogP contribution in [0.25, 0.3) is 11.0 Å². The van der Waals surface area contributed by atoms with Gasteiger partial charge in [0.05, 0.1) is 22.8 Å².